The molecule has 0 heterocycles. The van der Waals surface area contributed by atoms with Gasteiger partial charge in [0.05, 0.1) is 19.3 Å². The average molecular weight is 375 g/mol. The summed E-state index contributed by atoms with van der Waals surface area (Å²) in [4.78, 5) is 24.0. The quantitative estimate of drug-likeness (QED) is 0.624. The largest absolute Gasteiger partial charge is 0.493 e. The maximum absolute atomic E-state index is 12.4. The first kappa shape index (κ1) is 19.2. The minimum Gasteiger partial charge on any atom is -0.493 e. The van der Waals surface area contributed by atoms with Crippen molar-refractivity contribution >= 4 is 17.6 Å². The van der Waals surface area contributed by atoms with Crippen LogP contribution in [0.25, 0.3) is 0 Å². The molecule has 3 aromatic carbocycles. The maximum atomic E-state index is 12.4. The first-order chi connectivity index (χ1) is 13.7. The number of amides is 1. The van der Waals surface area contributed by atoms with Crippen LogP contribution < -0.4 is 10.1 Å². The highest BCUT2D eigenvalue weighted by molar-refractivity contribution is 6.05. The second kappa shape index (κ2) is 9.37. The number of ether oxygens (including phenoxy) is 2. The lowest BCUT2D eigenvalue weighted by atomic mass is 10.1. The van der Waals surface area contributed by atoms with Crippen molar-refractivity contribution in [2.45, 2.75) is 6.42 Å². The molecule has 0 aliphatic carbocycles. The normalized spacial score (nSPS) is 10.2. The number of carbonyl (C=O) groups is 2. The van der Waals surface area contributed by atoms with Crippen LogP contribution in [0.1, 0.15) is 26.3 Å². The Kier molecular flexibility index (Phi) is 6.41. The Bertz CT molecular complexity index is 936. The van der Waals surface area contributed by atoms with Crippen molar-refractivity contribution in [2.75, 3.05) is 19.0 Å². The lowest BCUT2D eigenvalue weighted by molar-refractivity contribution is 0.0600. The Balaban J connectivity index is 1.55. The lowest BCUT2D eigenvalue weighted by Crippen LogP contribution is -2.13. The molecule has 0 unspecified atom stereocenters. The van der Waals surface area contributed by atoms with Crippen molar-refractivity contribution in [2.24, 2.45) is 0 Å². The van der Waals surface area contributed by atoms with Crippen molar-refractivity contribution < 1.29 is 19.1 Å². The van der Waals surface area contributed by atoms with Gasteiger partial charge in [-0.2, -0.15) is 0 Å². The van der Waals surface area contributed by atoms with E-state index in [-0.39, 0.29) is 5.91 Å². The van der Waals surface area contributed by atoms with Gasteiger partial charge in [0.15, 0.2) is 0 Å². The van der Waals surface area contributed by atoms with Gasteiger partial charge in [0.1, 0.15) is 5.75 Å². The fraction of sp³-hybridized carbons (Fsp3) is 0.130. The molecule has 142 valence electrons. The highest BCUT2D eigenvalue weighted by atomic mass is 16.5. The molecule has 3 aromatic rings. The third-order valence-electron chi connectivity index (χ3n) is 4.16. The van der Waals surface area contributed by atoms with Gasteiger partial charge in [-0.15, -0.1) is 0 Å². The standard InChI is InChI=1S/C23H21NO4/c1-27-23(26)19-9-5-8-18(16-19)22(25)24-20-10-12-21(13-11-20)28-15-14-17-6-3-2-4-7-17/h2-13,16H,14-15H2,1H3,(H,24,25). The molecule has 0 atom stereocenters. The monoisotopic (exact) mass is 375 g/mol. The first-order valence-electron chi connectivity index (χ1n) is 8.92. The van der Waals surface area contributed by atoms with Gasteiger partial charge in [-0.3, -0.25) is 4.79 Å². The van der Waals surface area contributed by atoms with Gasteiger partial charge in [-0.25, -0.2) is 4.79 Å². The molecule has 0 aromatic heterocycles. The van der Waals surface area contributed by atoms with Gasteiger partial charge in [0.25, 0.3) is 5.91 Å². The van der Waals surface area contributed by atoms with E-state index in [1.807, 2.05) is 30.3 Å². The molecule has 5 nitrogen and oxygen atoms in total. The topological polar surface area (TPSA) is 64.6 Å². The number of esters is 1. The fourth-order valence-electron chi connectivity index (χ4n) is 2.67. The summed E-state index contributed by atoms with van der Waals surface area (Å²) in [7, 11) is 1.30. The predicted molar refractivity (Wildman–Crippen MR) is 108 cm³/mol. The molecule has 0 fully saturated rings. The Morgan fingerprint density at radius 3 is 2.29 bits per heavy atom. The van der Waals surface area contributed by atoms with Crippen LogP contribution in [0.4, 0.5) is 5.69 Å². The molecule has 1 N–H and O–H groups in total. The van der Waals surface area contributed by atoms with Gasteiger partial charge in [-0.1, -0.05) is 36.4 Å². The summed E-state index contributed by atoms with van der Waals surface area (Å²) >= 11 is 0. The van der Waals surface area contributed by atoms with Gasteiger partial charge in [-0.05, 0) is 48.0 Å². The first-order valence-corrected chi connectivity index (χ1v) is 8.92. The molecular weight excluding hydrogens is 354 g/mol. The van der Waals surface area contributed by atoms with E-state index in [4.69, 9.17) is 4.74 Å². The zero-order valence-electron chi connectivity index (χ0n) is 15.6. The molecule has 1 amide bonds. The van der Waals surface area contributed by atoms with Crippen LogP contribution in [-0.4, -0.2) is 25.6 Å². The van der Waals surface area contributed by atoms with Gasteiger partial charge in [0, 0.05) is 17.7 Å². The van der Waals surface area contributed by atoms with Crippen LogP contribution in [0.5, 0.6) is 5.75 Å². The predicted octanol–water partition coefficient (Wildman–Crippen LogP) is 4.35. The summed E-state index contributed by atoms with van der Waals surface area (Å²) < 4.78 is 10.4. The molecular formula is C23H21NO4. The second-order valence-electron chi connectivity index (χ2n) is 6.13. The zero-order valence-corrected chi connectivity index (χ0v) is 15.6. The van der Waals surface area contributed by atoms with Crippen molar-refractivity contribution in [3.8, 4) is 5.75 Å². The number of benzene rings is 3. The third-order valence-corrected chi connectivity index (χ3v) is 4.16. The molecule has 0 bridgehead atoms. The Labute approximate surface area is 163 Å². The van der Waals surface area contributed by atoms with Crippen LogP contribution in [0.2, 0.25) is 0 Å². The summed E-state index contributed by atoms with van der Waals surface area (Å²) in [5.41, 5.74) is 2.58. The van der Waals surface area contributed by atoms with Crippen molar-refractivity contribution in [3.05, 3.63) is 95.6 Å². The van der Waals surface area contributed by atoms with Crippen molar-refractivity contribution in [3.63, 3.8) is 0 Å². The Hall–Kier alpha value is -3.60. The minimum atomic E-state index is -0.480. The SMILES string of the molecule is COC(=O)c1cccc(C(=O)Nc2ccc(OCCc3ccccc3)cc2)c1. The molecule has 0 aliphatic rings. The minimum absolute atomic E-state index is 0.302. The van der Waals surface area contributed by atoms with E-state index in [0.717, 1.165) is 12.2 Å². The van der Waals surface area contributed by atoms with Crippen LogP contribution in [0.15, 0.2) is 78.9 Å². The van der Waals surface area contributed by atoms with Crippen LogP contribution in [0.3, 0.4) is 0 Å². The molecule has 3 rings (SSSR count). The Morgan fingerprint density at radius 1 is 0.857 bits per heavy atom. The second-order valence-corrected chi connectivity index (χ2v) is 6.13. The number of hydrogen-bond donors (Lipinski definition) is 1. The van der Waals surface area contributed by atoms with Crippen LogP contribution in [0, 0.1) is 0 Å². The number of rotatable bonds is 7. The number of carbonyl (C=O) groups excluding carboxylic acids is 2. The zero-order chi connectivity index (χ0) is 19.8. The number of hydrogen-bond acceptors (Lipinski definition) is 4. The summed E-state index contributed by atoms with van der Waals surface area (Å²) in [6, 6.07) is 23.7. The average Bonchev–Trinajstić information content (AvgIpc) is 2.75. The molecule has 0 saturated heterocycles. The van der Waals surface area contributed by atoms with E-state index in [9.17, 15) is 9.59 Å². The third kappa shape index (κ3) is 5.20. The van der Waals surface area contributed by atoms with Gasteiger partial charge < -0.3 is 14.8 Å². The maximum Gasteiger partial charge on any atom is 0.337 e. The van der Waals surface area contributed by atoms with Crippen molar-refractivity contribution in [1.29, 1.82) is 0 Å². The molecule has 0 spiro atoms. The summed E-state index contributed by atoms with van der Waals surface area (Å²) in [6.45, 7) is 0.579. The van der Waals surface area contributed by atoms with E-state index in [1.165, 1.54) is 18.7 Å². The summed E-state index contributed by atoms with van der Waals surface area (Å²) in [6.07, 6.45) is 0.829. The number of anilines is 1. The van der Waals surface area contributed by atoms with E-state index in [2.05, 4.69) is 22.2 Å². The van der Waals surface area contributed by atoms with E-state index >= 15 is 0 Å². The molecule has 0 saturated carbocycles. The lowest BCUT2D eigenvalue weighted by Gasteiger charge is -2.09. The van der Waals surface area contributed by atoms with Gasteiger partial charge in [0.2, 0.25) is 0 Å². The summed E-state index contributed by atoms with van der Waals surface area (Å²) in [5.74, 6) is -0.0447. The highest BCUT2D eigenvalue weighted by Crippen LogP contribution is 2.17. The van der Waals surface area contributed by atoms with Crippen LogP contribution in [-0.2, 0) is 11.2 Å². The molecule has 0 radical (unpaired) electrons. The number of nitrogens with one attached hydrogen (secondary N) is 1. The van der Waals surface area contributed by atoms with Gasteiger partial charge >= 0.3 is 5.97 Å². The fourth-order valence-corrected chi connectivity index (χ4v) is 2.67. The van der Waals surface area contributed by atoms with Crippen LogP contribution >= 0.6 is 0 Å². The molecule has 5 heteroatoms. The van der Waals surface area contributed by atoms with E-state index < -0.39 is 5.97 Å². The smallest absolute Gasteiger partial charge is 0.337 e. The molecule has 0 aliphatic heterocycles. The number of methoxy groups -OCH3 is 1. The van der Waals surface area contributed by atoms with Crippen molar-refractivity contribution in [1.82, 2.24) is 0 Å². The highest BCUT2D eigenvalue weighted by Gasteiger charge is 2.11. The van der Waals surface area contributed by atoms with E-state index in [1.54, 1.807) is 30.3 Å². The van der Waals surface area contributed by atoms with E-state index in [0.29, 0.717) is 23.4 Å². The molecule has 28 heavy (non-hydrogen) atoms. The summed E-state index contributed by atoms with van der Waals surface area (Å²) in [5, 5.41) is 2.80. The Morgan fingerprint density at radius 2 is 1.57 bits per heavy atom.